The molecule has 2 N–H and O–H groups in total. The van der Waals surface area contributed by atoms with E-state index in [1.54, 1.807) is 0 Å². The molecule has 0 bridgehead atoms. The van der Waals surface area contributed by atoms with Gasteiger partial charge < -0.3 is 10.6 Å². The zero-order valence-electron chi connectivity index (χ0n) is 12.2. The lowest BCUT2D eigenvalue weighted by molar-refractivity contribution is 0.293. The third-order valence-electron chi connectivity index (χ3n) is 3.82. The van der Waals surface area contributed by atoms with Gasteiger partial charge in [0.15, 0.2) is 0 Å². The van der Waals surface area contributed by atoms with Crippen molar-refractivity contribution >= 4 is 17.3 Å². The summed E-state index contributed by atoms with van der Waals surface area (Å²) in [5, 5.41) is 0.802. The van der Waals surface area contributed by atoms with Crippen molar-refractivity contribution in [2.75, 3.05) is 18.0 Å². The van der Waals surface area contributed by atoms with Crippen LogP contribution in [0.4, 0.5) is 5.69 Å². The van der Waals surface area contributed by atoms with E-state index in [4.69, 9.17) is 17.3 Å². The standard InChI is InChI=1S/C16H25ClN2/c1-12(18)9-13-10-14(17)5-6-15(13)19-8-4-7-16(2,3)11-19/h5-6,10,12H,4,7-9,11,18H2,1-3H3. The van der Waals surface area contributed by atoms with E-state index in [-0.39, 0.29) is 6.04 Å². The summed E-state index contributed by atoms with van der Waals surface area (Å²) < 4.78 is 0. The van der Waals surface area contributed by atoms with Gasteiger partial charge >= 0.3 is 0 Å². The molecule has 0 radical (unpaired) electrons. The van der Waals surface area contributed by atoms with Crippen LogP contribution in [0.1, 0.15) is 39.2 Å². The first-order valence-electron chi connectivity index (χ1n) is 7.16. The Morgan fingerprint density at radius 1 is 1.42 bits per heavy atom. The van der Waals surface area contributed by atoms with E-state index in [1.807, 2.05) is 13.0 Å². The van der Waals surface area contributed by atoms with Crippen LogP contribution in [0.15, 0.2) is 18.2 Å². The van der Waals surface area contributed by atoms with E-state index in [2.05, 4.69) is 30.9 Å². The number of piperidine rings is 1. The van der Waals surface area contributed by atoms with Crippen molar-refractivity contribution in [2.24, 2.45) is 11.1 Å². The smallest absolute Gasteiger partial charge is 0.0410 e. The number of halogens is 1. The van der Waals surface area contributed by atoms with Crippen LogP contribution in [0.2, 0.25) is 5.02 Å². The Morgan fingerprint density at radius 3 is 2.79 bits per heavy atom. The zero-order valence-corrected chi connectivity index (χ0v) is 13.0. The molecule has 0 spiro atoms. The predicted molar refractivity (Wildman–Crippen MR) is 84.0 cm³/mol. The van der Waals surface area contributed by atoms with Gasteiger partial charge in [-0.25, -0.2) is 0 Å². The average Bonchev–Trinajstić information content (AvgIpc) is 2.26. The molecule has 2 rings (SSSR count). The van der Waals surface area contributed by atoms with Crippen molar-refractivity contribution in [2.45, 2.75) is 46.1 Å². The SMILES string of the molecule is CC(N)Cc1cc(Cl)ccc1N1CCCC(C)(C)C1. The lowest BCUT2D eigenvalue weighted by atomic mass is 9.83. The Hall–Kier alpha value is -0.730. The normalized spacial score (nSPS) is 20.4. The van der Waals surface area contributed by atoms with Crippen LogP contribution in [0.5, 0.6) is 0 Å². The van der Waals surface area contributed by atoms with Gasteiger partial charge in [-0.2, -0.15) is 0 Å². The van der Waals surface area contributed by atoms with Gasteiger partial charge in [-0.15, -0.1) is 0 Å². The Labute approximate surface area is 121 Å². The Kier molecular flexibility index (Phi) is 4.42. The van der Waals surface area contributed by atoms with Crippen molar-refractivity contribution in [3.8, 4) is 0 Å². The van der Waals surface area contributed by atoms with Gasteiger partial charge in [0.05, 0.1) is 0 Å². The van der Waals surface area contributed by atoms with Crippen LogP contribution in [-0.2, 0) is 6.42 Å². The Balaban J connectivity index is 2.27. The molecule has 1 atom stereocenters. The number of nitrogens with zero attached hydrogens (tertiary/aromatic N) is 1. The molecule has 1 aliphatic rings. The van der Waals surface area contributed by atoms with Crippen molar-refractivity contribution in [3.63, 3.8) is 0 Å². The number of anilines is 1. The Morgan fingerprint density at radius 2 is 2.16 bits per heavy atom. The minimum atomic E-state index is 0.162. The summed E-state index contributed by atoms with van der Waals surface area (Å²) in [5.41, 5.74) is 8.95. The highest BCUT2D eigenvalue weighted by molar-refractivity contribution is 6.30. The van der Waals surface area contributed by atoms with Gasteiger partial charge in [-0.05, 0) is 55.4 Å². The summed E-state index contributed by atoms with van der Waals surface area (Å²) in [6.45, 7) is 8.99. The fraction of sp³-hybridized carbons (Fsp3) is 0.625. The van der Waals surface area contributed by atoms with Gasteiger partial charge in [0.1, 0.15) is 0 Å². The number of rotatable bonds is 3. The number of hydrogen-bond acceptors (Lipinski definition) is 2. The fourth-order valence-corrected chi connectivity index (χ4v) is 3.20. The molecule has 1 aromatic carbocycles. The number of nitrogens with two attached hydrogens (primary N) is 1. The number of hydrogen-bond donors (Lipinski definition) is 1. The van der Waals surface area contributed by atoms with E-state index in [9.17, 15) is 0 Å². The molecular weight excluding hydrogens is 256 g/mol. The van der Waals surface area contributed by atoms with Crippen molar-refractivity contribution in [1.29, 1.82) is 0 Å². The lowest BCUT2D eigenvalue weighted by Gasteiger charge is -2.40. The molecule has 2 nitrogen and oxygen atoms in total. The quantitative estimate of drug-likeness (QED) is 0.911. The molecule has 1 aromatic rings. The van der Waals surface area contributed by atoms with E-state index < -0.39 is 0 Å². The second-order valence-electron chi connectivity index (χ2n) is 6.64. The molecular formula is C16H25ClN2. The molecule has 0 amide bonds. The third-order valence-corrected chi connectivity index (χ3v) is 4.06. The van der Waals surface area contributed by atoms with Crippen LogP contribution in [0.25, 0.3) is 0 Å². The molecule has 1 aliphatic heterocycles. The summed E-state index contributed by atoms with van der Waals surface area (Å²) in [6.07, 6.45) is 3.44. The number of benzene rings is 1. The third kappa shape index (κ3) is 3.87. The molecule has 19 heavy (non-hydrogen) atoms. The highest BCUT2D eigenvalue weighted by Gasteiger charge is 2.27. The minimum Gasteiger partial charge on any atom is -0.371 e. The zero-order chi connectivity index (χ0) is 14.0. The first kappa shape index (κ1) is 14.7. The van der Waals surface area contributed by atoms with Crippen molar-refractivity contribution in [3.05, 3.63) is 28.8 Å². The monoisotopic (exact) mass is 280 g/mol. The highest BCUT2D eigenvalue weighted by atomic mass is 35.5. The van der Waals surface area contributed by atoms with E-state index in [0.29, 0.717) is 5.41 Å². The van der Waals surface area contributed by atoms with Gasteiger partial charge in [-0.1, -0.05) is 25.4 Å². The summed E-state index contributed by atoms with van der Waals surface area (Å²) in [7, 11) is 0. The minimum absolute atomic E-state index is 0.162. The van der Waals surface area contributed by atoms with Gasteiger partial charge in [0, 0.05) is 29.8 Å². The summed E-state index contributed by atoms with van der Waals surface area (Å²) >= 11 is 6.14. The first-order valence-corrected chi connectivity index (χ1v) is 7.54. The fourth-order valence-electron chi connectivity index (χ4n) is 3.00. The topological polar surface area (TPSA) is 29.3 Å². The maximum Gasteiger partial charge on any atom is 0.0410 e. The van der Waals surface area contributed by atoms with Gasteiger partial charge in [-0.3, -0.25) is 0 Å². The summed E-state index contributed by atoms with van der Waals surface area (Å²) in [6, 6.07) is 6.38. The van der Waals surface area contributed by atoms with E-state index >= 15 is 0 Å². The van der Waals surface area contributed by atoms with E-state index in [0.717, 1.165) is 24.5 Å². The average molecular weight is 281 g/mol. The summed E-state index contributed by atoms with van der Waals surface area (Å²) in [5.74, 6) is 0. The largest absolute Gasteiger partial charge is 0.371 e. The predicted octanol–water partition coefficient (Wildman–Crippen LogP) is 3.86. The van der Waals surface area contributed by atoms with Crippen LogP contribution < -0.4 is 10.6 Å². The molecule has 1 fully saturated rings. The van der Waals surface area contributed by atoms with E-state index in [1.165, 1.54) is 24.1 Å². The molecule has 1 unspecified atom stereocenters. The van der Waals surface area contributed by atoms with Gasteiger partial charge in [0.2, 0.25) is 0 Å². The molecule has 0 aliphatic carbocycles. The molecule has 1 saturated heterocycles. The van der Waals surface area contributed by atoms with Crippen molar-refractivity contribution < 1.29 is 0 Å². The van der Waals surface area contributed by atoms with Crippen molar-refractivity contribution in [1.82, 2.24) is 0 Å². The van der Waals surface area contributed by atoms with Crippen LogP contribution in [0, 0.1) is 5.41 Å². The van der Waals surface area contributed by atoms with Crippen LogP contribution in [-0.4, -0.2) is 19.1 Å². The second kappa shape index (κ2) is 5.72. The lowest BCUT2D eigenvalue weighted by Crippen LogP contribution is -2.40. The van der Waals surface area contributed by atoms with Crippen LogP contribution in [0.3, 0.4) is 0 Å². The maximum absolute atomic E-state index is 6.14. The van der Waals surface area contributed by atoms with Gasteiger partial charge in [0.25, 0.3) is 0 Å². The second-order valence-corrected chi connectivity index (χ2v) is 7.08. The molecule has 3 heteroatoms. The first-order chi connectivity index (χ1) is 8.87. The Bertz CT molecular complexity index is 440. The molecule has 106 valence electrons. The molecule has 1 heterocycles. The molecule has 0 aromatic heterocycles. The highest BCUT2D eigenvalue weighted by Crippen LogP contribution is 2.34. The molecule has 0 saturated carbocycles. The van der Waals surface area contributed by atoms with Crippen LogP contribution >= 0.6 is 11.6 Å². The maximum atomic E-state index is 6.14. The summed E-state index contributed by atoms with van der Waals surface area (Å²) in [4.78, 5) is 2.50.